The first-order chi connectivity index (χ1) is 9.93. The van der Waals surface area contributed by atoms with Gasteiger partial charge >= 0.3 is 5.97 Å². The Balaban J connectivity index is 2.62. The summed E-state index contributed by atoms with van der Waals surface area (Å²) in [6.45, 7) is 5.86. The number of carboxylic acid groups (broad SMARTS) is 1. The second-order valence-corrected chi connectivity index (χ2v) is 5.19. The lowest BCUT2D eigenvalue weighted by molar-refractivity contribution is -0.140. The van der Waals surface area contributed by atoms with Gasteiger partial charge in [-0.2, -0.15) is 5.21 Å². The van der Waals surface area contributed by atoms with Gasteiger partial charge in [0.05, 0.1) is 12.6 Å². The summed E-state index contributed by atoms with van der Waals surface area (Å²) in [5.41, 5.74) is 0. The predicted molar refractivity (Wildman–Crippen MR) is 74.1 cm³/mol. The number of aliphatic carboxylic acids is 1. The maximum atomic E-state index is 12.2. The maximum absolute atomic E-state index is 12.2. The molecule has 1 aromatic heterocycles. The number of aromatic amines is 1. The third-order valence-electron chi connectivity index (χ3n) is 2.94. The molecule has 1 heterocycles. The lowest BCUT2D eigenvalue weighted by Crippen LogP contribution is -2.51. The molecule has 9 nitrogen and oxygen atoms in total. The lowest BCUT2D eigenvalue weighted by atomic mass is 10.0. The highest BCUT2D eigenvalue weighted by Crippen LogP contribution is 2.07. The summed E-state index contributed by atoms with van der Waals surface area (Å²) in [7, 11) is 0. The van der Waals surface area contributed by atoms with E-state index in [-0.39, 0.29) is 18.4 Å². The van der Waals surface area contributed by atoms with Crippen LogP contribution in [0.5, 0.6) is 0 Å². The number of carboxylic acids is 1. The topological polar surface area (TPSA) is 133 Å². The molecule has 0 aliphatic carbocycles. The second-order valence-electron chi connectivity index (χ2n) is 5.19. The molecule has 0 saturated carbocycles. The van der Waals surface area contributed by atoms with E-state index in [0.717, 1.165) is 0 Å². The molecule has 0 bridgehead atoms. The van der Waals surface area contributed by atoms with Crippen molar-refractivity contribution >= 4 is 11.9 Å². The van der Waals surface area contributed by atoms with E-state index in [1.54, 1.807) is 6.92 Å². The van der Waals surface area contributed by atoms with Crippen molar-refractivity contribution in [1.29, 1.82) is 0 Å². The van der Waals surface area contributed by atoms with Gasteiger partial charge in [0.25, 0.3) is 0 Å². The van der Waals surface area contributed by atoms with E-state index in [1.165, 1.54) is 0 Å². The lowest BCUT2D eigenvalue weighted by Gasteiger charge is -2.23. The molecular formula is C12H22N6O3. The zero-order chi connectivity index (χ0) is 15.8. The highest BCUT2D eigenvalue weighted by atomic mass is 16.4. The van der Waals surface area contributed by atoms with Gasteiger partial charge in [0.15, 0.2) is 5.82 Å². The predicted octanol–water partition coefficient (Wildman–Crippen LogP) is -0.317. The quantitative estimate of drug-likeness (QED) is 0.491. The van der Waals surface area contributed by atoms with E-state index in [0.29, 0.717) is 18.7 Å². The molecule has 0 fully saturated rings. The fraction of sp³-hybridized carbons (Fsp3) is 0.750. The van der Waals surface area contributed by atoms with E-state index in [2.05, 4.69) is 31.3 Å². The van der Waals surface area contributed by atoms with Crippen LogP contribution in [0.4, 0.5) is 0 Å². The fourth-order valence-electron chi connectivity index (χ4n) is 1.88. The zero-order valence-corrected chi connectivity index (χ0v) is 12.5. The van der Waals surface area contributed by atoms with Crippen LogP contribution in [0.2, 0.25) is 0 Å². The second kappa shape index (κ2) is 8.30. The zero-order valence-electron chi connectivity index (χ0n) is 12.5. The molecule has 118 valence electrons. The standard InChI is InChI=1S/C12H22N6O3/c1-4-8(12(20)21)14-9(5-7(2)3)11(19)13-6-10-15-17-18-16-10/h7-9,14H,4-6H2,1-3H3,(H,13,19)(H,20,21)(H,15,16,17,18)/t8-,9?/m1/s1. The first-order valence-corrected chi connectivity index (χ1v) is 6.92. The van der Waals surface area contributed by atoms with Crippen LogP contribution in [0.25, 0.3) is 0 Å². The van der Waals surface area contributed by atoms with E-state index in [4.69, 9.17) is 5.11 Å². The van der Waals surface area contributed by atoms with Gasteiger partial charge in [-0.25, -0.2) is 0 Å². The first kappa shape index (κ1) is 17.0. The van der Waals surface area contributed by atoms with Crippen molar-refractivity contribution in [3.05, 3.63) is 5.82 Å². The van der Waals surface area contributed by atoms with Crippen molar-refractivity contribution in [2.45, 2.75) is 52.2 Å². The number of H-pyrrole nitrogens is 1. The largest absolute Gasteiger partial charge is 0.480 e. The molecule has 1 amide bonds. The number of rotatable bonds is 9. The summed E-state index contributed by atoms with van der Waals surface area (Å²) in [4.78, 5) is 23.3. The van der Waals surface area contributed by atoms with Gasteiger partial charge in [0, 0.05) is 0 Å². The highest BCUT2D eigenvalue weighted by molar-refractivity contribution is 5.83. The average molecular weight is 298 g/mol. The smallest absolute Gasteiger partial charge is 0.320 e. The minimum atomic E-state index is -0.961. The normalized spacial score (nSPS) is 13.9. The number of hydrogen-bond donors (Lipinski definition) is 4. The SMILES string of the molecule is CC[C@@H](NC(CC(C)C)C(=O)NCc1nn[nH]n1)C(=O)O. The molecule has 0 aromatic carbocycles. The highest BCUT2D eigenvalue weighted by Gasteiger charge is 2.25. The van der Waals surface area contributed by atoms with Crippen molar-refractivity contribution in [2.75, 3.05) is 0 Å². The fourth-order valence-corrected chi connectivity index (χ4v) is 1.88. The van der Waals surface area contributed by atoms with Crippen molar-refractivity contribution < 1.29 is 14.7 Å². The Bertz CT molecular complexity index is 448. The molecule has 0 spiro atoms. The van der Waals surface area contributed by atoms with Crippen LogP contribution in [-0.4, -0.2) is 49.7 Å². The van der Waals surface area contributed by atoms with Crippen LogP contribution < -0.4 is 10.6 Å². The number of carbonyl (C=O) groups is 2. The molecule has 0 aliphatic heterocycles. The summed E-state index contributed by atoms with van der Waals surface area (Å²) in [5, 5.41) is 27.8. The Hall–Kier alpha value is -2.03. The minimum Gasteiger partial charge on any atom is -0.480 e. The van der Waals surface area contributed by atoms with E-state index < -0.39 is 18.1 Å². The van der Waals surface area contributed by atoms with Crippen molar-refractivity contribution in [3.8, 4) is 0 Å². The molecule has 21 heavy (non-hydrogen) atoms. The van der Waals surface area contributed by atoms with Gasteiger partial charge in [-0.15, -0.1) is 10.2 Å². The number of amides is 1. The molecular weight excluding hydrogens is 276 g/mol. The average Bonchev–Trinajstić information content (AvgIpc) is 2.93. The van der Waals surface area contributed by atoms with Crippen LogP contribution in [0, 0.1) is 5.92 Å². The molecule has 0 aliphatic rings. The number of hydrogen-bond acceptors (Lipinski definition) is 6. The van der Waals surface area contributed by atoms with E-state index in [9.17, 15) is 9.59 Å². The van der Waals surface area contributed by atoms with Gasteiger partial charge in [0.2, 0.25) is 5.91 Å². The molecule has 9 heteroatoms. The van der Waals surface area contributed by atoms with Crippen LogP contribution in [0.1, 0.15) is 39.4 Å². The van der Waals surface area contributed by atoms with E-state index in [1.807, 2.05) is 13.8 Å². The Morgan fingerprint density at radius 1 is 1.33 bits per heavy atom. The Labute approximate surface area is 122 Å². The maximum Gasteiger partial charge on any atom is 0.320 e. The number of carbonyl (C=O) groups excluding carboxylic acids is 1. The van der Waals surface area contributed by atoms with Crippen molar-refractivity contribution in [2.24, 2.45) is 5.92 Å². The molecule has 1 rings (SSSR count). The third kappa shape index (κ3) is 5.86. The summed E-state index contributed by atoms with van der Waals surface area (Å²) in [5.74, 6) is -0.605. The van der Waals surface area contributed by atoms with Crippen LogP contribution in [0.3, 0.4) is 0 Å². The molecule has 4 N–H and O–H groups in total. The van der Waals surface area contributed by atoms with Crippen LogP contribution >= 0.6 is 0 Å². The van der Waals surface area contributed by atoms with Crippen LogP contribution in [-0.2, 0) is 16.1 Å². The van der Waals surface area contributed by atoms with E-state index >= 15 is 0 Å². The molecule has 2 atom stereocenters. The molecule has 1 aromatic rings. The number of nitrogens with zero attached hydrogens (tertiary/aromatic N) is 3. The Kier molecular flexibility index (Phi) is 6.73. The summed E-state index contributed by atoms with van der Waals surface area (Å²) >= 11 is 0. The Morgan fingerprint density at radius 2 is 2.05 bits per heavy atom. The Morgan fingerprint density at radius 3 is 2.52 bits per heavy atom. The number of nitrogens with one attached hydrogen (secondary N) is 3. The van der Waals surface area contributed by atoms with Gasteiger partial charge in [-0.3, -0.25) is 14.9 Å². The van der Waals surface area contributed by atoms with Gasteiger partial charge in [-0.1, -0.05) is 26.0 Å². The monoisotopic (exact) mass is 298 g/mol. The van der Waals surface area contributed by atoms with Crippen LogP contribution in [0.15, 0.2) is 0 Å². The molecule has 1 unspecified atom stereocenters. The summed E-state index contributed by atoms with van der Waals surface area (Å²) < 4.78 is 0. The van der Waals surface area contributed by atoms with Gasteiger partial charge in [-0.05, 0) is 18.8 Å². The van der Waals surface area contributed by atoms with Crippen molar-refractivity contribution in [3.63, 3.8) is 0 Å². The summed E-state index contributed by atoms with van der Waals surface area (Å²) in [6.07, 6.45) is 0.948. The molecule has 0 saturated heterocycles. The minimum absolute atomic E-state index is 0.148. The number of tetrazole rings is 1. The van der Waals surface area contributed by atoms with Gasteiger partial charge < -0.3 is 10.4 Å². The third-order valence-corrected chi connectivity index (χ3v) is 2.94. The first-order valence-electron chi connectivity index (χ1n) is 6.92. The number of aromatic nitrogens is 4. The van der Waals surface area contributed by atoms with Gasteiger partial charge in [0.1, 0.15) is 6.04 Å². The summed E-state index contributed by atoms with van der Waals surface area (Å²) in [6, 6.07) is -1.32. The van der Waals surface area contributed by atoms with Crippen molar-refractivity contribution in [1.82, 2.24) is 31.3 Å². The molecule has 0 radical (unpaired) electrons.